The summed E-state index contributed by atoms with van der Waals surface area (Å²) in [4.78, 5) is 12.0. The van der Waals surface area contributed by atoms with Gasteiger partial charge in [0, 0.05) is 13.2 Å². The molecule has 3 N–H and O–H groups in total. The second-order valence-electron chi connectivity index (χ2n) is 6.61. The molecule has 0 saturated heterocycles. The van der Waals surface area contributed by atoms with Gasteiger partial charge in [0.25, 0.3) is 0 Å². The Morgan fingerprint density at radius 2 is 1.81 bits per heavy atom. The standard InChI is InChI=1S/C17H28N2O2/c1-12-8-13(2)10-15(9-12)14(3)19-16(21)18-11-17(4,5)6-7-20/h8-10,14,20H,6-7,11H2,1-5H3,(H2,18,19,21). The number of aryl methyl sites for hydroxylation is 2. The van der Waals surface area contributed by atoms with Crippen LogP contribution in [0.1, 0.15) is 49.9 Å². The van der Waals surface area contributed by atoms with Crippen LogP contribution in [0.3, 0.4) is 0 Å². The lowest BCUT2D eigenvalue weighted by Crippen LogP contribution is -2.41. The minimum atomic E-state index is -0.173. The lowest BCUT2D eigenvalue weighted by molar-refractivity contribution is 0.200. The van der Waals surface area contributed by atoms with Crippen LogP contribution in [-0.2, 0) is 0 Å². The SMILES string of the molecule is Cc1cc(C)cc(C(C)NC(=O)NCC(C)(C)CCO)c1. The fraction of sp³-hybridized carbons (Fsp3) is 0.588. The van der Waals surface area contributed by atoms with E-state index in [1.807, 2.05) is 20.8 Å². The van der Waals surface area contributed by atoms with Crippen LogP contribution in [0.5, 0.6) is 0 Å². The molecule has 0 radical (unpaired) electrons. The van der Waals surface area contributed by atoms with E-state index in [0.29, 0.717) is 13.0 Å². The first-order valence-corrected chi connectivity index (χ1v) is 7.47. The van der Waals surface area contributed by atoms with E-state index in [9.17, 15) is 4.79 Å². The molecule has 118 valence electrons. The van der Waals surface area contributed by atoms with Crippen molar-refractivity contribution in [2.24, 2.45) is 5.41 Å². The third-order valence-electron chi connectivity index (χ3n) is 3.61. The molecule has 0 fully saturated rings. The van der Waals surface area contributed by atoms with Gasteiger partial charge in [-0.05, 0) is 38.2 Å². The zero-order valence-corrected chi connectivity index (χ0v) is 13.8. The van der Waals surface area contributed by atoms with Gasteiger partial charge >= 0.3 is 6.03 Å². The summed E-state index contributed by atoms with van der Waals surface area (Å²) in [6, 6.07) is 6.09. The largest absolute Gasteiger partial charge is 0.396 e. The second kappa shape index (κ2) is 7.46. The molecule has 1 rings (SSSR count). The van der Waals surface area contributed by atoms with Gasteiger partial charge in [0.15, 0.2) is 0 Å². The quantitative estimate of drug-likeness (QED) is 0.754. The van der Waals surface area contributed by atoms with Crippen LogP contribution in [0.2, 0.25) is 0 Å². The van der Waals surface area contributed by atoms with E-state index < -0.39 is 0 Å². The number of hydrogen-bond acceptors (Lipinski definition) is 2. The van der Waals surface area contributed by atoms with E-state index in [4.69, 9.17) is 5.11 Å². The molecule has 0 saturated carbocycles. The summed E-state index contributed by atoms with van der Waals surface area (Å²) in [6.45, 7) is 10.8. The molecule has 1 atom stereocenters. The van der Waals surface area contributed by atoms with Crippen molar-refractivity contribution in [3.8, 4) is 0 Å². The summed E-state index contributed by atoms with van der Waals surface area (Å²) in [7, 11) is 0. The van der Waals surface area contributed by atoms with E-state index in [1.165, 1.54) is 11.1 Å². The molecule has 0 aliphatic heterocycles. The van der Waals surface area contributed by atoms with E-state index in [0.717, 1.165) is 5.56 Å². The first-order chi connectivity index (χ1) is 9.73. The first kappa shape index (κ1) is 17.5. The summed E-state index contributed by atoms with van der Waals surface area (Å²) in [5.74, 6) is 0. The molecular weight excluding hydrogens is 264 g/mol. The summed E-state index contributed by atoms with van der Waals surface area (Å²) >= 11 is 0. The van der Waals surface area contributed by atoms with Crippen LogP contribution < -0.4 is 10.6 Å². The molecule has 0 heterocycles. The van der Waals surface area contributed by atoms with Gasteiger partial charge < -0.3 is 15.7 Å². The summed E-state index contributed by atoms with van der Waals surface area (Å²) in [5.41, 5.74) is 3.40. The van der Waals surface area contributed by atoms with Gasteiger partial charge in [0.2, 0.25) is 0 Å². The molecule has 0 spiro atoms. The van der Waals surface area contributed by atoms with Crippen molar-refractivity contribution in [2.45, 2.75) is 47.1 Å². The van der Waals surface area contributed by atoms with Crippen molar-refractivity contribution < 1.29 is 9.90 Å². The third kappa shape index (κ3) is 6.17. The van der Waals surface area contributed by atoms with Crippen LogP contribution in [0.25, 0.3) is 0 Å². The smallest absolute Gasteiger partial charge is 0.315 e. The minimum absolute atomic E-state index is 0.0374. The van der Waals surface area contributed by atoms with Crippen molar-refractivity contribution in [1.29, 1.82) is 0 Å². The van der Waals surface area contributed by atoms with Gasteiger partial charge in [-0.1, -0.05) is 43.2 Å². The lowest BCUT2D eigenvalue weighted by atomic mass is 9.90. The average molecular weight is 292 g/mol. The highest BCUT2D eigenvalue weighted by Gasteiger charge is 2.18. The fourth-order valence-electron chi connectivity index (χ4n) is 2.30. The van der Waals surface area contributed by atoms with Gasteiger partial charge in [-0.3, -0.25) is 0 Å². The predicted molar refractivity (Wildman–Crippen MR) is 86.3 cm³/mol. The number of urea groups is 1. The van der Waals surface area contributed by atoms with Gasteiger partial charge in [-0.25, -0.2) is 4.79 Å². The number of carbonyl (C=O) groups is 1. The van der Waals surface area contributed by atoms with E-state index in [-0.39, 0.29) is 24.1 Å². The molecule has 21 heavy (non-hydrogen) atoms. The number of nitrogens with one attached hydrogen (secondary N) is 2. The molecule has 0 aliphatic rings. The topological polar surface area (TPSA) is 61.4 Å². The molecular formula is C17H28N2O2. The molecule has 2 amide bonds. The van der Waals surface area contributed by atoms with E-state index in [1.54, 1.807) is 0 Å². The number of aliphatic hydroxyl groups is 1. The normalized spacial score (nSPS) is 12.9. The molecule has 4 nitrogen and oxygen atoms in total. The Morgan fingerprint density at radius 1 is 1.24 bits per heavy atom. The Bertz CT molecular complexity index is 463. The Kier molecular flexibility index (Phi) is 6.21. The average Bonchev–Trinajstić information content (AvgIpc) is 2.35. The van der Waals surface area contributed by atoms with Crippen LogP contribution in [-0.4, -0.2) is 24.3 Å². The zero-order valence-electron chi connectivity index (χ0n) is 13.8. The maximum Gasteiger partial charge on any atom is 0.315 e. The fourth-order valence-corrected chi connectivity index (χ4v) is 2.30. The van der Waals surface area contributed by atoms with E-state index in [2.05, 4.69) is 42.7 Å². The Hall–Kier alpha value is -1.55. The number of amides is 2. The zero-order chi connectivity index (χ0) is 16.0. The van der Waals surface area contributed by atoms with Crippen LogP contribution in [0.4, 0.5) is 4.79 Å². The Balaban J connectivity index is 2.54. The van der Waals surface area contributed by atoms with Gasteiger partial charge in [-0.15, -0.1) is 0 Å². The van der Waals surface area contributed by atoms with E-state index >= 15 is 0 Å². The monoisotopic (exact) mass is 292 g/mol. The van der Waals surface area contributed by atoms with Gasteiger partial charge in [0.05, 0.1) is 6.04 Å². The molecule has 4 heteroatoms. The van der Waals surface area contributed by atoms with Gasteiger partial charge in [0.1, 0.15) is 0 Å². The number of carbonyl (C=O) groups excluding carboxylic acids is 1. The van der Waals surface area contributed by atoms with Crippen LogP contribution in [0.15, 0.2) is 18.2 Å². The molecule has 0 bridgehead atoms. The van der Waals surface area contributed by atoms with Crippen molar-refractivity contribution in [1.82, 2.24) is 10.6 Å². The molecule has 1 unspecified atom stereocenters. The van der Waals surface area contributed by atoms with Crippen LogP contribution >= 0.6 is 0 Å². The number of hydrogen-bond donors (Lipinski definition) is 3. The van der Waals surface area contributed by atoms with Crippen LogP contribution in [0, 0.1) is 19.3 Å². The highest BCUT2D eigenvalue weighted by molar-refractivity contribution is 5.74. The van der Waals surface area contributed by atoms with Crippen molar-refractivity contribution in [3.63, 3.8) is 0 Å². The first-order valence-electron chi connectivity index (χ1n) is 7.47. The highest BCUT2D eigenvalue weighted by Crippen LogP contribution is 2.18. The van der Waals surface area contributed by atoms with Crippen molar-refractivity contribution in [3.05, 3.63) is 34.9 Å². The third-order valence-corrected chi connectivity index (χ3v) is 3.61. The number of benzene rings is 1. The van der Waals surface area contributed by atoms with Crippen molar-refractivity contribution >= 4 is 6.03 Å². The van der Waals surface area contributed by atoms with Crippen molar-refractivity contribution in [2.75, 3.05) is 13.2 Å². The highest BCUT2D eigenvalue weighted by atomic mass is 16.3. The maximum atomic E-state index is 12.0. The molecule has 1 aromatic rings. The minimum Gasteiger partial charge on any atom is -0.396 e. The summed E-state index contributed by atoms with van der Waals surface area (Å²) in [5, 5.41) is 14.8. The molecule has 0 aliphatic carbocycles. The van der Waals surface area contributed by atoms with Gasteiger partial charge in [-0.2, -0.15) is 0 Å². The Morgan fingerprint density at radius 3 is 2.33 bits per heavy atom. The second-order valence-corrected chi connectivity index (χ2v) is 6.61. The number of rotatable bonds is 6. The summed E-state index contributed by atoms with van der Waals surface area (Å²) < 4.78 is 0. The predicted octanol–water partition coefficient (Wildman–Crippen LogP) is 3.07. The molecule has 1 aromatic carbocycles. The summed E-state index contributed by atoms with van der Waals surface area (Å²) in [6.07, 6.45) is 0.667. The lowest BCUT2D eigenvalue weighted by Gasteiger charge is -2.24. The maximum absolute atomic E-state index is 12.0. The number of aliphatic hydroxyl groups excluding tert-OH is 1. The Labute approximate surface area is 128 Å². The molecule has 0 aromatic heterocycles.